The Balaban J connectivity index is 1.62. The van der Waals surface area contributed by atoms with Gasteiger partial charge in [-0.05, 0) is 39.2 Å². The van der Waals surface area contributed by atoms with Gasteiger partial charge in [-0.1, -0.05) is 97.1 Å². The SMILES string of the molecule is c1ccc2c(Cn3c(-c4cccc5ccccc45)nc4ccccc43)cccc2c1. The number of hydrogen-bond donors (Lipinski definition) is 0. The number of para-hydroxylation sites is 2. The second-order valence-corrected chi connectivity index (χ2v) is 7.68. The van der Waals surface area contributed by atoms with Gasteiger partial charge in [0.05, 0.1) is 17.6 Å². The summed E-state index contributed by atoms with van der Waals surface area (Å²) in [6.45, 7) is 0.778. The largest absolute Gasteiger partial charge is 0.319 e. The Morgan fingerprint density at radius 1 is 0.567 bits per heavy atom. The predicted molar refractivity (Wildman–Crippen MR) is 126 cm³/mol. The number of hydrogen-bond acceptors (Lipinski definition) is 1. The van der Waals surface area contributed by atoms with Crippen molar-refractivity contribution in [3.05, 3.63) is 115 Å². The Kier molecular flexibility index (Phi) is 3.88. The van der Waals surface area contributed by atoms with E-state index in [4.69, 9.17) is 4.98 Å². The fourth-order valence-electron chi connectivity index (χ4n) is 4.46. The molecule has 2 nitrogen and oxygen atoms in total. The van der Waals surface area contributed by atoms with Crippen LogP contribution in [0.25, 0.3) is 44.0 Å². The lowest BCUT2D eigenvalue weighted by atomic mass is 10.0. The van der Waals surface area contributed by atoms with Crippen LogP contribution in [0.15, 0.2) is 109 Å². The van der Waals surface area contributed by atoms with Gasteiger partial charge in [0.1, 0.15) is 5.82 Å². The molecule has 0 saturated carbocycles. The van der Waals surface area contributed by atoms with Crippen LogP contribution in [0, 0.1) is 0 Å². The van der Waals surface area contributed by atoms with Crippen molar-refractivity contribution in [2.45, 2.75) is 6.54 Å². The second kappa shape index (κ2) is 6.85. The lowest BCUT2D eigenvalue weighted by molar-refractivity contribution is 0.841. The molecule has 0 aliphatic rings. The Morgan fingerprint density at radius 2 is 1.20 bits per heavy atom. The fraction of sp³-hybridized carbons (Fsp3) is 0.0357. The third-order valence-corrected chi connectivity index (χ3v) is 5.89. The minimum atomic E-state index is 0.778. The van der Waals surface area contributed by atoms with Gasteiger partial charge in [-0.15, -0.1) is 0 Å². The molecule has 0 saturated heterocycles. The molecule has 0 aliphatic heterocycles. The molecule has 0 bridgehead atoms. The number of rotatable bonds is 3. The molecule has 6 aromatic rings. The van der Waals surface area contributed by atoms with Gasteiger partial charge in [0.2, 0.25) is 0 Å². The van der Waals surface area contributed by atoms with Crippen LogP contribution in [0.3, 0.4) is 0 Å². The highest BCUT2D eigenvalue weighted by atomic mass is 15.1. The van der Waals surface area contributed by atoms with E-state index in [-0.39, 0.29) is 0 Å². The van der Waals surface area contributed by atoms with Crippen molar-refractivity contribution in [1.29, 1.82) is 0 Å². The van der Waals surface area contributed by atoms with Crippen molar-refractivity contribution >= 4 is 32.6 Å². The molecule has 30 heavy (non-hydrogen) atoms. The predicted octanol–water partition coefficient (Wildman–Crippen LogP) is 7.06. The third kappa shape index (κ3) is 2.69. The molecule has 2 heteroatoms. The first-order chi connectivity index (χ1) is 14.9. The van der Waals surface area contributed by atoms with Crippen molar-refractivity contribution in [1.82, 2.24) is 9.55 Å². The van der Waals surface area contributed by atoms with Crippen LogP contribution >= 0.6 is 0 Å². The van der Waals surface area contributed by atoms with Crippen molar-refractivity contribution in [2.75, 3.05) is 0 Å². The molecule has 6 rings (SSSR count). The van der Waals surface area contributed by atoms with Crippen LogP contribution in [0.1, 0.15) is 5.56 Å². The monoisotopic (exact) mass is 384 g/mol. The first kappa shape index (κ1) is 17.0. The van der Waals surface area contributed by atoms with Crippen LogP contribution in [0.5, 0.6) is 0 Å². The standard InChI is InChI=1S/C28H20N2/c1-3-14-23-20(9-1)11-7-13-22(23)19-30-27-18-6-5-17-26(27)29-28(30)25-16-8-12-21-10-2-4-15-24(21)25/h1-18H,19H2. The topological polar surface area (TPSA) is 17.8 Å². The van der Waals surface area contributed by atoms with Gasteiger partial charge in [-0.3, -0.25) is 0 Å². The molecule has 1 heterocycles. The molecule has 0 amide bonds. The molecule has 5 aromatic carbocycles. The van der Waals surface area contributed by atoms with Crippen LogP contribution < -0.4 is 0 Å². The summed E-state index contributed by atoms with van der Waals surface area (Å²) in [7, 11) is 0. The van der Waals surface area contributed by atoms with E-state index in [0.29, 0.717) is 0 Å². The van der Waals surface area contributed by atoms with Gasteiger partial charge in [0.15, 0.2) is 0 Å². The molecule has 142 valence electrons. The van der Waals surface area contributed by atoms with E-state index in [2.05, 4.69) is 114 Å². The zero-order valence-electron chi connectivity index (χ0n) is 16.5. The van der Waals surface area contributed by atoms with E-state index in [9.17, 15) is 0 Å². The molecule has 1 aromatic heterocycles. The molecule has 0 spiro atoms. The maximum atomic E-state index is 5.07. The lowest BCUT2D eigenvalue weighted by Crippen LogP contribution is -2.03. The first-order valence-electron chi connectivity index (χ1n) is 10.3. The van der Waals surface area contributed by atoms with Crippen molar-refractivity contribution in [2.24, 2.45) is 0 Å². The quantitative estimate of drug-likeness (QED) is 0.319. The summed E-state index contributed by atoms with van der Waals surface area (Å²) in [4.78, 5) is 5.07. The molecular formula is C28H20N2. The molecular weight excluding hydrogens is 364 g/mol. The number of benzene rings is 5. The van der Waals surface area contributed by atoms with Gasteiger partial charge in [0, 0.05) is 5.56 Å². The lowest BCUT2D eigenvalue weighted by Gasteiger charge is -2.13. The maximum Gasteiger partial charge on any atom is 0.142 e. The van der Waals surface area contributed by atoms with Crippen LogP contribution in [-0.4, -0.2) is 9.55 Å². The zero-order valence-corrected chi connectivity index (χ0v) is 16.5. The van der Waals surface area contributed by atoms with E-state index >= 15 is 0 Å². The smallest absolute Gasteiger partial charge is 0.142 e. The van der Waals surface area contributed by atoms with Gasteiger partial charge < -0.3 is 4.57 Å². The number of imidazole rings is 1. The van der Waals surface area contributed by atoms with Gasteiger partial charge >= 0.3 is 0 Å². The molecule has 0 unspecified atom stereocenters. The Hall–Kier alpha value is -3.91. The fourth-order valence-corrected chi connectivity index (χ4v) is 4.46. The van der Waals surface area contributed by atoms with E-state index in [1.807, 2.05) is 0 Å². The maximum absolute atomic E-state index is 5.07. The highest BCUT2D eigenvalue weighted by Gasteiger charge is 2.15. The highest BCUT2D eigenvalue weighted by molar-refractivity contribution is 5.97. The second-order valence-electron chi connectivity index (χ2n) is 7.68. The number of fused-ring (bicyclic) bond motifs is 3. The van der Waals surface area contributed by atoms with Crippen molar-refractivity contribution < 1.29 is 0 Å². The average molecular weight is 384 g/mol. The highest BCUT2D eigenvalue weighted by Crippen LogP contribution is 2.32. The summed E-state index contributed by atoms with van der Waals surface area (Å²) >= 11 is 0. The molecule has 0 fully saturated rings. The zero-order chi connectivity index (χ0) is 19.9. The molecule has 0 aliphatic carbocycles. The normalized spacial score (nSPS) is 11.5. The van der Waals surface area contributed by atoms with Crippen LogP contribution in [-0.2, 0) is 6.54 Å². The van der Waals surface area contributed by atoms with E-state index in [1.165, 1.54) is 32.7 Å². The number of nitrogens with zero attached hydrogens (tertiary/aromatic N) is 2. The molecule has 0 radical (unpaired) electrons. The minimum Gasteiger partial charge on any atom is -0.319 e. The average Bonchev–Trinajstić information content (AvgIpc) is 3.17. The number of aromatic nitrogens is 2. The Bertz CT molecular complexity index is 1510. The Morgan fingerprint density at radius 3 is 2.07 bits per heavy atom. The molecule has 0 atom stereocenters. The van der Waals surface area contributed by atoms with E-state index in [0.717, 1.165) is 23.4 Å². The summed E-state index contributed by atoms with van der Waals surface area (Å²) in [6, 6.07) is 38.6. The van der Waals surface area contributed by atoms with Crippen molar-refractivity contribution in [3.63, 3.8) is 0 Å². The van der Waals surface area contributed by atoms with E-state index in [1.54, 1.807) is 0 Å². The van der Waals surface area contributed by atoms with Gasteiger partial charge in [-0.2, -0.15) is 0 Å². The molecule has 0 N–H and O–H groups in total. The van der Waals surface area contributed by atoms with Gasteiger partial charge in [-0.25, -0.2) is 4.98 Å². The first-order valence-corrected chi connectivity index (χ1v) is 10.3. The summed E-state index contributed by atoms with van der Waals surface area (Å²) < 4.78 is 2.36. The van der Waals surface area contributed by atoms with Gasteiger partial charge in [0.25, 0.3) is 0 Å². The Labute approximate surface area is 175 Å². The summed E-state index contributed by atoms with van der Waals surface area (Å²) in [5.41, 5.74) is 4.66. The van der Waals surface area contributed by atoms with Crippen LogP contribution in [0.4, 0.5) is 0 Å². The summed E-state index contributed by atoms with van der Waals surface area (Å²) in [6.07, 6.45) is 0. The summed E-state index contributed by atoms with van der Waals surface area (Å²) in [5, 5.41) is 5.03. The van der Waals surface area contributed by atoms with Crippen LogP contribution in [0.2, 0.25) is 0 Å². The third-order valence-electron chi connectivity index (χ3n) is 5.89. The minimum absolute atomic E-state index is 0.778. The van der Waals surface area contributed by atoms with Crippen molar-refractivity contribution in [3.8, 4) is 11.4 Å². The van der Waals surface area contributed by atoms with E-state index < -0.39 is 0 Å². The summed E-state index contributed by atoms with van der Waals surface area (Å²) in [5.74, 6) is 1.01.